The number of rotatable bonds is 2. The number of carbonyl (C=O) groups excluding carboxylic acids is 1. The van der Waals surface area contributed by atoms with Crippen LogP contribution < -0.4 is 0 Å². The first-order valence-electron chi connectivity index (χ1n) is 6.81. The Morgan fingerprint density at radius 2 is 1.09 bits per heavy atom. The lowest BCUT2D eigenvalue weighted by molar-refractivity contribution is 0.0695. The van der Waals surface area contributed by atoms with Crippen LogP contribution in [-0.2, 0) is 0 Å². The molecule has 116 valence electrons. The fourth-order valence-electron chi connectivity index (χ4n) is 2.28. The molecule has 0 radical (unpaired) electrons. The van der Waals surface area contributed by atoms with Crippen molar-refractivity contribution in [2.45, 2.75) is 27.7 Å². The highest BCUT2D eigenvalue weighted by molar-refractivity contribution is 6.68. The van der Waals surface area contributed by atoms with Crippen LogP contribution in [-0.4, -0.2) is 16.3 Å². The maximum atomic E-state index is 10.9. The molecule has 2 rings (SSSR count). The third-order valence-electron chi connectivity index (χ3n) is 3.37. The number of carboxylic acid groups (broad SMARTS) is 1. The Balaban J connectivity index is 0.000000220. The molecule has 3 nitrogen and oxygen atoms in total. The second-order valence-corrected chi connectivity index (χ2v) is 5.46. The third kappa shape index (κ3) is 4.43. The summed E-state index contributed by atoms with van der Waals surface area (Å²) in [5.74, 6) is -0.847. The first kappa shape index (κ1) is 17.9. The van der Waals surface area contributed by atoms with Gasteiger partial charge in [-0.2, -0.15) is 0 Å². The highest BCUT2D eigenvalue weighted by atomic mass is 35.5. The summed E-state index contributed by atoms with van der Waals surface area (Å²) in [5, 5.41) is 8.37. The fourth-order valence-corrected chi connectivity index (χ4v) is 2.57. The van der Waals surface area contributed by atoms with E-state index in [2.05, 4.69) is 0 Å². The summed E-state index contributed by atoms with van der Waals surface area (Å²) in [5.41, 5.74) is 4.56. The normalized spacial score (nSPS) is 9.68. The van der Waals surface area contributed by atoms with Gasteiger partial charge in [0.15, 0.2) is 0 Å². The van der Waals surface area contributed by atoms with Crippen LogP contribution >= 0.6 is 11.6 Å². The van der Waals surface area contributed by atoms with E-state index in [-0.39, 0.29) is 5.24 Å². The quantitative estimate of drug-likeness (QED) is 0.818. The van der Waals surface area contributed by atoms with Crippen LogP contribution in [0.3, 0.4) is 0 Å². The van der Waals surface area contributed by atoms with Crippen molar-refractivity contribution in [3.63, 3.8) is 0 Å². The van der Waals surface area contributed by atoms with Crippen LogP contribution in [0.25, 0.3) is 0 Å². The SMILES string of the molecule is Cc1cccc(C)c1C(=O)Cl.Cc1cccc(C)c1C(=O)O. The number of carboxylic acids is 1. The maximum Gasteiger partial charge on any atom is 0.336 e. The van der Waals surface area contributed by atoms with E-state index in [1.54, 1.807) is 26.0 Å². The van der Waals surface area contributed by atoms with Crippen LogP contribution in [0.2, 0.25) is 0 Å². The van der Waals surface area contributed by atoms with E-state index in [0.717, 1.165) is 22.3 Å². The van der Waals surface area contributed by atoms with E-state index < -0.39 is 5.97 Å². The van der Waals surface area contributed by atoms with Gasteiger partial charge in [0, 0.05) is 5.56 Å². The number of hydrogen-bond donors (Lipinski definition) is 1. The molecule has 0 bridgehead atoms. The van der Waals surface area contributed by atoms with Crippen molar-refractivity contribution < 1.29 is 14.7 Å². The zero-order chi connectivity index (χ0) is 16.9. The summed E-state index contributed by atoms with van der Waals surface area (Å²) < 4.78 is 0. The first-order valence-corrected chi connectivity index (χ1v) is 7.19. The zero-order valence-corrected chi connectivity index (χ0v) is 13.9. The third-order valence-corrected chi connectivity index (χ3v) is 3.56. The van der Waals surface area contributed by atoms with Gasteiger partial charge in [-0.05, 0) is 61.5 Å². The van der Waals surface area contributed by atoms with Crippen LogP contribution in [0.5, 0.6) is 0 Å². The summed E-state index contributed by atoms with van der Waals surface area (Å²) in [6.45, 7) is 7.36. The van der Waals surface area contributed by atoms with Crippen LogP contribution in [0.15, 0.2) is 36.4 Å². The molecule has 0 amide bonds. The minimum Gasteiger partial charge on any atom is -0.478 e. The van der Waals surface area contributed by atoms with Gasteiger partial charge in [0.1, 0.15) is 0 Å². The second kappa shape index (κ2) is 7.76. The van der Waals surface area contributed by atoms with Crippen molar-refractivity contribution in [1.29, 1.82) is 0 Å². The summed E-state index contributed by atoms with van der Waals surface area (Å²) in [6.07, 6.45) is 0. The number of halogens is 1. The number of aromatic carboxylic acids is 1. The largest absolute Gasteiger partial charge is 0.478 e. The first-order chi connectivity index (χ1) is 10.3. The standard InChI is InChI=1S/C9H9ClO.C9H10O2/c2*1-6-4-3-5-7(2)8(6)9(10)11/h3-5H,1-2H3;3-5H,1-2H3,(H,10,11). The lowest BCUT2D eigenvalue weighted by atomic mass is 10.0. The van der Waals surface area contributed by atoms with Gasteiger partial charge in [-0.25, -0.2) is 4.79 Å². The number of hydrogen-bond acceptors (Lipinski definition) is 2. The highest BCUT2D eigenvalue weighted by Gasteiger charge is 2.08. The molecule has 0 aliphatic rings. The Labute approximate surface area is 135 Å². The predicted octanol–water partition coefficient (Wildman–Crippen LogP) is 4.68. The number of aryl methyl sites for hydroxylation is 4. The highest BCUT2D eigenvalue weighted by Crippen LogP contribution is 2.15. The molecule has 0 saturated carbocycles. The Morgan fingerprint density at radius 1 is 0.773 bits per heavy atom. The molecule has 0 spiro atoms. The second-order valence-electron chi connectivity index (χ2n) is 5.11. The summed E-state index contributed by atoms with van der Waals surface area (Å²) in [4.78, 5) is 21.5. The van der Waals surface area contributed by atoms with E-state index in [1.165, 1.54) is 0 Å². The molecule has 0 saturated heterocycles. The summed E-state index contributed by atoms with van der Waals surface area (Å²) in [6, 6.07) is 11.1. The summed E-state index contributed by atoms with van der Waals surface area (Å²) >= 11 is 5.37. The predicted molar refractivity (Wildman–Crippen MR) is 89.0 cm³/mol. The van der Waals surface area contributed by atoms with Gasteiger partial charge >= 0.3 is 5.97 Å². The van der Waals surface area contributed by atoms with Crippen LogP contribution in [0, 0.1) is 27.7 Å². The minimum absolute atomic E-state index is 0.374. The van der Waals surface area contributed by atoms with Gasteiger partial charge in [0.25, 0.3) is 5.24 Å². The minimum atomic E-state index is -0.847. The van der Waals surface area contributed by atoms with Gasteiger partial charge in [-0.15, -0.1) is 0 Å². The molecule has 2 aromatic carbocycles. The Hall–Kier alpha value is -2.13. The van der Waals surface area contributed by atoms with E-state index in [0.29, 0.717) is 11.1 Å². The van der Waals surface area contributed by atoms with Crippen molar-refractivity contribution in [2.24, 2.45) is 0 Å². The molecule has 0 aliphatic carbocycles. The number of benzene rings is 2. The molecule has 0 aromatic heterocycles. The monoisotopic (exact) mass is 318 g/mol. The Kier molecular flexibility index (Phi) is 6.32. The van der Waals surface area contributed by atoms with Gasteiger partial charge in [-0.1, -0.05) is 36.4 Å². The molecule has 1 N–H and O–H groups in total. The average Bonchev–Trinajstić information content (AvgIpc) is 2.38. The molecular formula is C18H19ClO3. The van der Waals surface area contributed by atoms with Crippen molar-refractivity contribution in [3.05, 3.63) is 69.8 Å². The van der Waals surface area contributed by atoms with Gasteiger partial charge in [0.2, 0.25) is 0 Å². The molecule has 0 aliphatic heterocycles. The summed E-state index contributed by atoms with van der Waals surface area (Å²) in [7, 11) is 0. The van der Waals surface area contributed by atoms with Crippen molar-refractivity contribution in [2.75, 3.05) is 0 Å². The zero-order valence-electron chi connectivity index (χ0n) is 13.1. The van der Waals surface area contributed by atoms with E-state index in [4.69, 9.17) is 16.7 Å². The molecule has 0 heterocycles. The molecule has 0 fully saturated rings. The lowest BCUT2D eigenvalue weighted by Gasteiger charge is -2.02. The molecule has 22 heavy (non-hydrogen) atoms. The molecule has 2 aromatic rings. The van der Waals surface area contributed by atoms with Crippen molar-refractivity contribution >= 4 is 22.8 Å². The molecule has 4 heteroatoms. The average molecular weight is 319 g/mol. The van der Waals surface area contributed by atoms with Crippen molar-refractivity contribution in [3.8, 4) is 0 Å². The van der Waals surface area contributed by atoms with Gasteiger partial charge < -0.3 is 5.11 Å². The number of carbonyl (C=O) groups is 2. The Morgan fingerprint density at radius 3 is 1.27 bits per heavy atom. The van der Waals surface area contributed by atoms with Gasteiger partial charge in [0.05, 0.1) is 5.56 Å². The van der Waals surface area contributed by atoms with E-state index >= 15 is 0 Å². The van der Waals surface area contributed by atoms with Gasteiger partial charge in [-0.3, -0.25) is 4.79 Å². The smallest absolute Gasteiger partial charge is 0.336 e. The molecule has 0 atom stereocenters. The molecular weight excluding hydrogens is 300 g/mol. The topological polar surface area (TPSA) is 54.4 Å². The van der Waals surface area contributed by atoms with Crippen LogP contribution in [0.4, 0.5) is 0 Å². The van der Waals surface area contributed by atoms with E-state index in [9.17, 15) is 9.59 Å². The Bertz CT molecular complexity index is 603. The van der Waals surface area contributed by atoms with Crippen molar-refractivity contribution in [1.82, 2.24) is 0 Å². The molecule has 0 unspecified atom stereocenters. The van der Waals surface area contributed by atoms with E-state index in [1.807, 2.05) is 38.1 Å². The lowest BCUT2D eigenvalue weighted by Crippen LogP contribution is -2.01. The maximum absolute atomic E-state index is 10.9. The van der Waals surface area contributed by atoms with Crippen LogP contribution in [0.1, 0.15) is 43.0 Å². The fraction of sp³-hybridized carbons (Fsp3) is 0.222.